The maximum Gasteiger partial charge on any atom is 0.139 e. The molecule has 0 unspecified atom stereocenters. The van der Waals surface area contributed by atoms with E-state index in [4.69, 9.17) is 9.47 Å². The van der Waals surface area contributed by atoms with Gasteiger partial charge in [0, 0.05) is 12.8 Å². The third-order valence-corrected chi connectivity index (χ3v) is 2.39. The summed E-state index contributed by atoms with van der Waals surface area (Å²) >= 11 is 0. The topological polar surface area (TPSA) is 35.5 Å². The third-order valence-electron chi connectivity index (χ3n) is 2.39. The average molecular weight is 236 g/mol. The lowest BCUT2D eigenvalue weighted by Gasteiger charge is -2.07. The largest absolute Gasteiger partial charge is 0.497 e. The monoisotopic (exact) mass is 236 g/mol. The minimum absolute atomic E-state index is 0.184. The van der Waals surface area contributed by atoms with Gasteiger partial charge >= 0.3 is 0 Å². The lowest BCUT2D eigenvalue weighted by Crippen LogP contribution is -2.10. The zero-order chi connectivity index (χ0) is 12.7. The van der Waals surface area contributed by atoms with Crippen molar-refractivity contribution in [3.63, 3.8) is 0 Å². The number of rotatable bonds is 7. The summed E-state index contributed by atoms with van der Waals surface area (Å²) in [5.74, 6) is 1.01. The van der Waals surface area contributed by atoms with Crippen LogP contribution in [0.25, 0.3) is 0 Å². The van der Waals surface area contributed by atoms with Crippen molar-refractivity contribution in [3.8, 4) is 5.75 Å². The molecular formula is C14H20O3. The van der Waals surface area contributed by atoms with Gasteiger partial charge in [-0.3, -0.25) is 4.79 Å². The summed E-state index contributed by atoms with van der Waals surface area (Å²) in [6.45, 7) is 4.44. The molecule has 0 amide bonds. The summed E-state index contributed by atoms with van der Waals surface area (Å²) in [5, 5.41) is 0. The second-order valence-electron chi connectivity index (χ2n) is 4.23. The molecule has 0 aliphatic heterocycles. The fraction of sp³-hybridized carbons (Fsp3) is 0.500. The first-order valence-corrected chi connectivity index (χ1v) is 5.88. The van der Waals surface area contributed by atoms with Gasteiger partial charge in [0.15, 0.2) is 0 Å². The Labute approximate surface area is 103 Å². The first-order chi connectivity index (χ1) is 8.11. The molecule has 0 fully saturated rings. The predicted octanol–water partition coefficient (Wildman–Crippen LogP) is 2.62. The van der Waals surface area contributed by atoms with E-state index in [0.717, 1.165) is 11.3 Å². The SMILES string of the molecule is COc1ccc(CC(=O)CCOC(C)C)cc1. The molecule has 0 saturated heterocycles. The van der Waals surface area contributed by atoms with Gasteiger partial charge in [-0.15, -0.1) is 0 Å². The molecular weight excluding hydrogens is 216 g/mol. The van der Waals surface area contributed by atoms with E-state index in [9.17, 15) is 4.79 Å². The van der Waals surface area contributed by atoms with Gasteiger partial charge in [-0.1, -0.05) is 12.1 Å². The second kappa shape index (κ2) is 7.07. The molecule has 94 valence electrons. The summed E-state index contributed by atoms with van der Waals surface area (Å²) in [6, 6.07) is 7.57. The van der Waals surface area contributed by atoms with Crippen LogP contribution in [0.3, 0.4) is 0 Å². The molecule has 0 atom stereocenters. The van der Waals surface area contributed by atoms with Crippen molar-refractivity contribution in [1.82, 2.24) is 0 Å². The molecule has 0 bridgehead atoms. The van der Waals surface area contributed by atoms with Crippen LogP contribution in [0.2, 0.25) is 0 Å². The van der Waals surface area contributed by atoms with Crippen LogP contribution in [0.1, 0.15) is 25.8 Å². The Morgan fingerprint density at radius 3 is 2.41 bits per heavy atom. The van der Waals surface area contributed by atoms with Gasteiger partial charge in [-0.25, -0.2) is 0 Å². The number of ether oxygens (including phenoxy) is 2. The highest BCUT2D eigenvalue weighted by atomic mass is 16.5. The van der Waals surface area contributed by atoms with Crippen molar-refractivity contribution >= 4 is 5.78 Å². The molecule has 3 nitrogen and oxygen atoms in total. The van der Waals surface area contributed by atoms with Crippen LogP contribution in [0.4, 0.5) is 0 Å². The van der Waals surface area contributed by atoms with E-state index >= 15 is 0 Å². The predicted molar refractivity (Wildman–Crippen MR) is 67.4 cm³/mol. The molecule has 17 heavy (non-hydrogen) atoms. The first-order valence-electron chi connectivity index (χ1n) is 5.88. The van der Waals surface area contributed by atoms with Crippen LogP contribution in [0.5, 0.6) is 5.75 Å². The highest BCUT2D eigenvalue weighted by molar-refractivity contribution is 5.80. The molecule has 0 aliphatic carbocycles. The van der Waals surface area contributed by atoms with E-state index in [2.05, 4.69) is 0 Å². The van der Waals surface area contributed by atoms with Gasteiger partial charge in [-0.2, -0.15) is 0 Å². The quantitative estimate of drug-likeness (QED) is 0.730. The summed E-state index contributed by atoms with van der Waals surface area (Å²) in [6.07, 6.45) is 1.12. The zero-order valence-electron chi connectivity index (χ0n) is 10.7. The van der Waals surface area contributed by atoms with Crippen LogP contribution in [-0.4, -0.2) is 25.6 Å². The van der Waals surface area contributed by atoms with Gasteiger partial charge in [0.1, 0.15) is 11.5 Å². The number of carbonyl (C=O) groups is 1. The lowest BCUT2D eigenvalue weighted by atomic mass is 10.1. The number of hydrogen-bond donors (Lipinski definition) is 0. The Hall–Kier alpha value is -1.35. The maximum absolute atomic E-state index is 11.6. The summed E-state index contributed by atoms with van der Waals surface area (Å²) in [7, 11) is 1.63. The fourth-order valence-corrected chi connectivity index (χ4v) is 1.47. The van der Waals surface area contributed by atoms with Gasteiger partial charge in [0.25, 0.3) is 0 Å². The Balaban J connectivity index is 2.34. The smallest absolute Gasteiger partial charge is 0.139 e. The van der Waals surface area contributed by atoms with E-state index in [1.807, 2.05) is 38.1 Å². The third kappa shape index (κ3) is 5.50. The minimum Gasteiger partial charge on any atom is -0.497 e. The van der Waals surface area contributed by atoms with Crippen LogP contribution in [0.15, 0.2) is 24.3 Å². The van der Waals surface area contributed by atoms with Gasteiger partial charge in [-0.05, 0) is 31.5 Å². The molecule has 0 radical (unpaired) electrons. The second-order valence-corrected chi connectivity index (χ2v) is 4.23. The summed E-state index contributed by atoms with van der Waals surface area (Å²) in [5.41, 5.74) is 1.01. The Morgan fingerprint density at radius 2 is 1.88 bits per heavy atom. The number of ketones is 1. The standard InChI is InChI=1S/C14H20O3/c1-11(2)17-9-8-13(15)10-12-4-6-14(16-3)7-5-12/h4-7,11H,8-10H2,1-3H3. The van der Waals surface area contributed by atoms with Crippen molar-refractivity contribution in [2.75, 3.05) is 13.7 Å². The van der Waals surface area contributed by atoms with Crippen LogP contribution in [-0.2, 0) is 16.0 Å². The molecule has 0 spiro atoms. The first kappa shape index (κ1) is 13.7. The van der Waals surface area contributed by atoms with Crippen molar-refractivity contribution in [3.05, 3.63) is 29.8 Å². The van der Waals surface area contributed by atoms with Crippen LogP contribution >= 0.6 is 0 Å². The number of hydrogen-bond acceptors (Lipinski definition) is 3. The number of methoxy groups -OCH3 is 1. The van der Waals surface area contributed by atoms with E-state index in [1.165, 1.54) is 0 Å². The molecule has 1 rings (SSSR count). The Kier molecular flexibility index (Phi) is 5.70. The molecule has 1 aromatic carbocycles. The van der Waals surface area contributed by atoms with Gasteiger partial charge < -0.3 is 9.47 Å². The van der Waals surface area contributed by atoms with Crippen molar-refractivity contribution in [1.29, 1.82) is 0 Å². The summed E-state index contributed by atoms with van der Waals surface area (Å²) in [4.78, 5) is 11.6. The zero-order valence-corrected chi connectivity index (χ0v) is 10.7. The van der Waals surface area contributed by atoms with Crippen molar-refractivity contribution in [2.45, 2.75) is 32.8 Å². The van der Waals surface area contributed by atoms with Crippen LogP contribution in [0, 0.1) is 0 Å². The number of benzene rings is 1. The number of carbonyl (C=O) groups excluding carboxylic acids is 1. The normalized spacial score (nSPS) is 10.6. The molecule has 0 heterocycles. The minimum atomic E-state index is 0.184. The summed E-state index contributed by atoms with van der Waals surface area (Å²) < 4.78 is 10.4. The van der Waals surface area contributed by atoms with Crippen molar-refractivity contribution in [2.24, 2.45) is 0 Å². The molecule has 3 heteroatoms. The fourth-order valence-electron chi connectivity index (χ4n) is 1.47. The van der Waals surface area contributed by atoms with Crippen LogP contribution < -0.4 is 4.74 Å². The molecule has 0 aromatic heterocycles. The Morgan fingerprint density at radius 1 is 1.24 bits per heavy atom. The highest BCUT2D eigenvalue weighted by Crippen LogP contribution is 2.12. The molecule has 0 saturated carbocycles. The van der Waals surface area contributed by atoms with E-state index in [0.29, 0.717) is 19.4 Å². The van der Waals surface area contributed by atoms with E-state index in [1.54, 1.807) is 7.11 Å². The highest BCUT2D eigenvalue weighted by Gasteiger charge is 2.04. The maximum atomic E-state index is 11.6. The lowest BCUT2D eigenvalue weighted by molar-refractivity contribution is -0.119. The number of Topliss-reactive ketones (excluding diaryl/α,β-unsaturated/α-hetero) is 1. The molecule has 1 aromatic rings. The molecule has 0 aliphatic rings. The van der Waals surface area contributed by atoms with Gasteiger partial charge in [0.2, 0.25) is 0 Å². The van der Waals surface area contributed by atoms with Crippen molar-refractivity contribution < 1.29 is 14.3 Å². The van der Waals surface area contributed by atoms with E-state index < -0.39 is 0 Å². The Bertz CT molecular complexity index is 341. The van der Waals surface area contributed by atoms with Gasteiger partial charge in [0.05, 0.1) is 19.8 Å². The van der Waals surface area contributed by atoms with E-state index in [-0.39, 0.29) is 11.9 Å². The average Bonchev–Trinajstić information content (AvgIpc) is 2.29. The molecule has 0 N–H and O–H groups in total.